The Balaban J connectivity index is 2.64. The van der Waals surface area contributed by atoms with Crippen LogP contribution in [0.4, 0.5) is 13.2 Å². The molecule has 0 aliphatic heterocycles. The van der Waals surface area contributed by atoms with Gasteiger partial charge < -0.3 is 9.84 Å². The summed E-state index contributed by atoms with van der Waals surface area (Å²) in [5.74, 6) is -1.14. The Morgan fingerprint density at radius 2 is 1.85 bits per heavy atom. The molecule has 27 heavy (non-hydrogen) atoms. The van der Waals surface area contributed by atoms with Gasteiger partial charge in [-0.1, -0.05) is 6.92 Å². The van der Waals surface area contributed by atoms with Gasteiger partial charge in [0.25, 0.3) is 9.84 Å². The van der Waals surface area contributed by atoms with Crippen molar-refractivity contribution in [3.63, 3.8) is 0 Å². The zero-order valence-electron chi connectivity index (χ0n) is 13.7. The van der Waals surface area contributed by atoms with Gasteiger partial charge in [-0.05, 0) is 36.2 Å². The van der Waals surface area contributed by atoms with Crippen molar-refractivity contribution >= 4 is 9.84 Å². The number of hydrogen-bond acceptors (Lipinski definition) is 6. The van der Waals surface area contributed by atoms with Crippen LogP contribution in [0, 0.1) is 28.5 Å². The molecule has 0 spiro atoms. The third kappa shape index (κ3) is 3.87. The lowest BCUT2D eigenvalue weighted by Crippen LogP contribution is -2.29. The maximum absolute atomic E-state index is 13.5. The number of ether oxygens (including phenoxy) is 1. The number of rotatable bonds is 5. The highest BCUT2D eigenvalue weighted by molar-refractivity contribution is 7.92. The van der Waals surface area contributed by atoms with E-state index in [2.05, 4.69) is 0 Å². The lowest BCUT2D eigenvalue weighted by molar-refractivity contribution is -0.120. The molecule has 0 saturated carbocycles. The summed E-state index contributed by atoms with van der Waals surface area (Å²) in [6, 6.07) is 8.15. The average molecular weight is 396 g/mol. The highest BCUT2D eigenvalue weighted by Gasteiger charge is 2.45. The first-order valence-corrected chi connectivity index (χ1v) is 8.82. The molecule has 140 valence electrons. The van der Waals surface area contributed by atoms with E-state index in [0.717, 1.165) is 24.3 Å². The van der Waals surface area contributed by atoms with E-state index < -0.39 is 26.0 Å². The van der Waals surface area contributed by atoms with Crippen LogP contribution in [0.15, 0.2) is 35.2 Å². The molecular weight excluding hydrogens is 385 g/mol. The van der Waals surface area contributed by atoms with Gasteiger partial charge in [0.05, 0.1) is 22.1 Å². The van der Waals surface area contributed by atoms with E-state index in [4.69, 9.17) is 15.1 Å². The second-order valence-corrected chi connectivity index (χ2v) is 7.20. The predicted molar refractivity (Wildman–Crippen MR) is 86.1 cm³/mol. The van der Waals surface area contributed by atoms with E-state index in [9.17, 15) is 26.9 Å². The summed E-state index contributed by atoms with van der Waals surface area (Å²) >= 11 is 0. The molecule has 0 aromatic heterocycles. The standard InChI is InChI=1S/C17H11F3N2O4S/c1-2-13-14(9-22)15(3-4-16(13)27(24,25)17(19,20)23)26-12-6-10(8-21)5-11(18)7-12/h3-7,23H,2H2,1H3. The van der Waals surface area contributed by atoms with E-state index in [0.29, 0.717) is 0 Å². The van der Waals surface area contributed by atoms with E-state index in [-0.39, 0.29) is 34.6 Å². The smallest absolute Gasteiger partial charge is 0.456 e. The molecule has 0 atom stereocenters. The zero-order valence-corrected chi connectivity index (χ0v) is 14.5. The van der Waals surface area contributed by atoms with Crippen molar-refractivity contribution in [2.24, 2.45) is 0 Å². The van der Waals surface area contributed by atoms with Crippen molar-refractivity contribution in [1.29, 1.82) is 10.5 Å². The summed E-state index contributed by atoms with van der Waals surface area (Å²) in [6.07, 6.45) is -0.142. The number of hydrogen-bond donors (Lipinski definition) is 1. The first kappa shape index (κ1) is 20.2. The molecule has 0 aliphatic rings. The summed E-state index contributed by atoms with van der Waals surface area (Å²) in [4.78, 5) is -0.918. The van der Waals surface area contributed by atoms with E-state index in [1.54, 1.807) is 12.1 Å². The molecule has 2 rings (SSSR count). The van der Waals surface area contributed by atoms with E-state index >= 15 is 0 Å². The molecule has 0 bridgehead atoms. The number of nitriles is 2. The molecule has 2 aromatic rings. The summed E-state index contributed by atoms with van der Waals surface area (Å²) < 4.78 is 68.8. The Kier molecular flexibility index (Phi) is 5.45. The van der Waals surface area contributed by atoms with Gasteiger partial charge in [-0.2, -0.15) is 19.3 Å². The molecule has 1 N–H and O–H groups in total. The van der Waals surface area contributed by atoms with E-state index in [1.165, 1.54) is 13.0 Å². The topological polar surface area (TPSA) is 111 Å². The Morgan fingerprint density at radius 3 is 2.37 bits per heavy atom. The lowest BCUT2D eigenvalue weighted by Gasteiger charge is -2.16. The van der Waals surface area contributed by atoms with Gasteiger partial charge in [-0.25, -0.2) is 12.8 Å². The molecule has 6 nitrogen and oxygen atoms in total. The van der Waals surface area contributed by atoms with Crippen molar-refractivity contribution in [1.82, 2.24) is 0 Å². The average Bonchev–Trinajstić information content (AvgIpc) is 2.59. The van der Waals surface area contributed by atoms with Gasteiger partial charge in [-0.3, -0.25) is 0 Å². The molecule has 0 radical (unpaired) electrons. The fraction of sp³-hybridized carbons (Fsp3) is 0.176. The van der Waals surface area contributed by atoms with Crippen molar-refractivity contribution in [3.8, 4) is 23.6 Å². The van der Waals surface area contributed by atoms with E-state index in [1.807, 2.05) is 0 Å². The van der Waals surface area contributed by atoms with Gasteiger partial charge in [0, 0.05) is 6.07 Å². The number of aliphatic hydroxyl groups is 1. The monoisotopic (exact) mass is 396 g/mol. The van der Waals surface area contributed by atoms with Crippen LogP contribution in [-0.4, -0.2) is 19.0 Å². The minimum atomic E-state index is -5.45. The van der Waals surface area contributed by atoms with Crippen molar-refractivity contribution < 1.29 is 31.4 Å². The van der Waals surface area contributed by atoms with Gasteiger partial charge in [0.15, 0.2) is 0 Å². The molecule has 0 unspecified atom stereocenters. The van der Waals surface area contributed by atoms with Crippen molar-refractivity contribution in [3.05, 3.63) is 52.8 Å². The number of halogens is 3. The molecule has 10 heteroatoms. The zero-order chi connectivity index (χ0) is 20.4. The number of sulfone groups is 1. The van der Waals surface area contributed by atoms with Gasteiger partial charge in [-0.15, -0.1) is 0 Å². The third-order valence-electron chi connectivity index (χ3n) is 3.54. The lowest BCUT2D eigenvalue weighted by atomic mass is 10.1. The SMILES string of the molecule is CCc1c(S(=O)(=O)C(O)(F)F)ccc(Oc2cc(F)cc(C#N)c2)c1C#N. The first-order valence-electron chi connectivity index (χ1n) is 7.34. The van der Waals surface area contributed by atoms with Crippen LogP contribution in [0.2, 0.25) is 0 Å². The molecule has 0 saturated heterocycles. The summed E-state index contributed by atoms with van der Waals surface area (Å²) in [5, 5.41) is 26.9. The second-order valence-electron chi connectivity index (χ2n) is 5.26. The molecule has 0 heterocycles. The highest BCUT2D eigenvalue weighted by Crippen LogP contribution is 2.36. The maximum Gasteiger partial charge on any atom is 0.464 e. The molecule has 0 aliphatic carbocycles. The Hall–Kier alpha value is -3.08. The van der Waals surface area contributed by atoms with Crippen molar-refractivity contribution in [2.45, 2.75) is 23.7 Å². The van der Waals surface area contributed by atoms with Crippen LogP contribution in [0.5, 0.6) is 11.5 Å². The van der Waals surface area contributed by atoms with Crippen molar-refractivity contribution in [2.75, 3.05) is 0 Å². The minimum absolute atomic E-state index is 0.0571. The van der Waals surface area contributed by atoms with Crippen LogP contribution in [0.3, 0.4) is 0 Å². The fourth-order valence-corrected chi connectivity index (χ4v) is 3.45. The molecule has 0 fully saturated rings. The summed E-state index contributed by atoms with van der Waals surface area (Å²) in [6.45, 7) is 1.42. The van der Waals surface area contributed by atoms with Crippen LogP contribution < -0.4 is 4.74 Å². The first-order chi connectivity index (χ1) is 12.5. The van der Waals surface area contributed by atoms with Crippen LogP contribution in [0.1, 0.15) is 23.6 Å². The van der Waals surface area contributed by atoms with Crippen LogP contribution in [-0.2, 0) is 16.3 Å². The predicted octanol–water partition coefficient (Wildman–Crippen LogP) is 3.24. The Labute approximate surface area is 152 Å². The molecular formula is C17H11F3N2O4S. The molecule has 2 aromatic carbocycles. The normalized spacial score (nSPS) is 11.5. The minimum Gasteiger partial charge on any atom is -0.456 e. The number of alkyl halides is 2. The third-order valence-corrected chi connectivity index (χ3v) is 5.15. The van der Waals surface area contributed by atoms with Crippen LogP contribution in [0.25, 0.3) is 0 Å². The quantitative estimate of drug-likeness (QED) is 0.831. The number of nitrogens with zero attached hydrogens (tertiary/aromatic N) is 2. The highest BCUT2D eigenvalue weighted by atomic mass is 32.2. The maximum atomic E-state index is 13.5. The van der Waals surface area contributed by atoms with Gasteiger partial charge >= 0.3 is 5.44 Å². The molecule has 0 amide bonds. The fourth-order valence-electron chi connectivity index (χ4n) is 2.36. The summed E-state index contributed by atoms with van der Waals surface area (Å²) in [7, 11) is -5.45. The van der Waals surface area contributed by atoms with Gasteiger partial charge in [0.2, 0.25) is 0 Å². The largest absolute Gasteiger partial charge is 0.464 e. The Bertz CT molecular complexity index is 1080. The van der Waals surface area contributed by atoms with Crippen LogP contribution >= 0.6 is 0 Å². The summed E-state index contributed by atoms with van der Waals surface area (Å²) in [5.41, 5.74) is -5.75. The van der Waals surface area contributed by atoms with Gasteiger partial charge in [0.1, 0.15) is 23.4 Å². The second kappa shape index (κ2) is 7.27. The number of benzene rings is 2. The Morgan fingerprint density at radius 1 is 1.19 bits per heavy atom.